The number of carbonyl (C=O) groups excluding carboxylic acids is 1. The molecule has 33 heavy (non-hydrogen) atoms. The zero-order valence-electron chi connectivity index (χ0n) is 18.1. The molecule has 0 aliphatic heterocycles. The molecule has 5 nitrogen and oxygen atoms in total. The van der Waals surface area contributed by atoms with E-state index in [-0.39, 0.29) is 11.4 Å². The number of carbonyl (C=O) groups is 1. The Morgan fingerprint density at radius 2 is 1.61 bits per heavy atom. The molecule has 0 saturated carbocycles. The Labute approximate surface area is 187 Å². The Balaban J connectivity index is 1.71. The fourth-order valence-electron chi connectivity index (χ4n) is 3.54. The summed E-state index contributed by atoms with van der Waals surface area (Å²) in [6.45, 7) is 2.93. The zero-order chi connectivity index (χ0) is 24.0. The molecule has 0 atom stereocenters. The predicted molar refractivity (Wildman–Crippen MR) is 117 cm³/mol. The van der Waals surface area contributed by atoms with E-state index in [0.29, 0.717) is 16.9 Å². The van der Waals surface area contributed by atoms with Gasteiger partial charge in [0.25, 0.3) is 5.91 Å². The molecule has 0 radical (unpaired) electrons. The van der Waals surface area contributed by atoms with Crippen LogP contribution in [0.5, 0.6) is 0 Å². The summed E-state index contributed by atoms with van der Waals surface area (Å²) in [6.07, 6.45) is -0.219. The lowest BCUT2D eigenvalue weighted by molar-refractivity contribution is -0.137. The van der Waals surface area contributed by atoms with E-state index < -0.39 is 23.3 Å². The molecule has 0 fully saturated rings. The Bertz CT molecular complexity index is 1320. The lowest BCUT2D eigenvalue weighted by Crippen LogP contribution is -2.29. The summed E-state index contributed by atoms with van der Waals surface area (Å²) in [6, 6.07) is 11.7. The second kappa shape index (κ2) is 7.99. The van der Waals surface area contributed by atoms with Gasteiger partial charge < -0.3 is 4.90 Å². The first-order valence-corrected chi connectivity index (χ1v) is 10.0. The lowest BCUT2D eigenvalue weighted by atomic mass is 9.98. The molecule has 2 heterocycles. The third kappa shape index (κ3) is 4.30. The molecule has 0 unspecified atom stereocenters. The van der Waals surface area contributed by atoms with Crippen LogP contribution in [0.3, 0.4) is 0 Å². The molecular weight excluding hydrogens is 436 g/mol. The van der Waals surface area contributed by atoms with Crippen LogP contribution in [-0.4, -0.2) is 27.3 Å². The van der Waals surface area contributed by atoms with Gasteiger partial charge in [0, 0.05) is 18.8 Å². The number of fused-ring (bicyclic) bond motifs is 1. The number of rotatable bonds is 4. The molecule has 0 spiro atoms. The molecular formula is C24H20F4N4O. The van der Waals surface area contributed by atoms with Crippen molar-refractivity contribution < 1.29 is 22.4 Å². The number of benzene rings is 2. The van der Waals surface area contributed by atoms with Crippen LogP contribution in [-0.2, 0) is 11.8 Å². The van der Waals surface area contributed by atoms with E-state index in [2.05, 4.69) is 9.97 Å². The van der Waals surface area contributed by atoms with Crippen molar-refractivity contribution in [1.82, 2.24) is 14.4 Å². The lowest BCUT2D eigenvalue weighted by Gasteiger charge is -2.21. The summed E-state index contributed by atoms with van der Waals surface area (Å²) in [5, 5.41) is 0. The number of para-hydroxylation sites is 1. The highest BCUT2D eigenvalue weighted by atomic mass is 19.4. The molecule has 0 aliphatic rings. The first kappa shape index (κ1) is 22.4. The van der Waals surface area contributed by atoms with Crippen LogP contribution < -0.4 is 4.90 Å². The third-order valence-electron chi connectivity index (χ3n) is 5.36. The minimum Gasteiger partial charge on any atom is -0.309 e. The first-order chi connectivity index (χ1) is 15.5. The van der Waals surface area contributed by atoms with Gasteiger partial charge in [-0.3, -0.25) is 9.20 Å². The Kier molecular flexibility index (Phi) is 5.43. The Morgan fingerprint density at radius 3 is 2.24 bits per heavy atom. The predicted octanol–water partition coefficient (Wildman–Crippen LogP) is 5.90. The van der Waals surface area contributed by atoms with Crippen molar-refractivity contribution in [3.8, 4) is 11.3 Å². The maximum Gasteiger partial charge on any atom is 0.418 e. The van der Waals surface area contributed by atoms with Gasteiger partial charge in [0.05, 0.1) is 29.3 Å². The summed E-state index contributed by atoms with van der Waals surface area (Å²) in [4.78, 5) is 22.3. The molecule has 0 bridgehead atoms. The maximum absolute atomic E-state index is 14.2. The zero-order valence-corrected chi connectivity index (χ0v) is 18.1. The Hall–Kier alpha value is -3.75. The van der Waals surface area contributed by atoms with Gasteiger partial charge in [-0.2, -0.15) is 13.2 Å². The molecule has 0 saturated heterocycles. The van der Waals surface area contributed by atoms with Gasteiger partial charge in [-0.1, -0.05) is 36.4 Å². The standard InChI is InChI=1S/C24H20F4N4O/c1-23(2,25)16-10-8-15(9-11-16)20-12-30-21-13-29-18(14-32(20)21)22(33)31(3)19-7-5-4-6-17(19)24(26,27)28/h4-14H,1-3H3. The van der Waals surface area contributed by atoms with Crippen molar-refractivity contribution >= 4 is 17.2 Å². The Morgan fingerprint density at radius 1 is 0.939 bits per heavy atom. The van der Waals surface area contributed by atoms with Gasteiger partial charge in [0.2, 0.25) is 0 Å². The number of nitrogens with zero attached hydrogens (tertiary/aromatic N) is 4. The number of hydrogen-bond acceptors (Lipinski definition) is 3. The largest absolute Gasteiger partial charge is 0.418 e. The van der Waals surface area contributed by atoms with Gasteiger partial charge in [0.1, 0.15) is 11.4 Å². The second-order valence-corrected chi connectivity index (χ2v) is 8.07. The van der Waals surface area contributed by atoms with E-state index in [1.165, 1.54) is 51.5 Å². The minimum absolute atomic E-state index is 0.0530. The average molecular weight is 456 g/mol. The van der Waals surface area contributed by atoms with Gasteiger partial charge in [-0.25, -0.2) is 14.4 Å². The maximum atomic E-state index is 14.2. The smallest absolute Gasteiger partial charge is 0.309 e. The molecule has 1 amide bonds. The molecule has 170 valence electrons. The highest BCUT2D eigenvalue weighted by molar-refractivity contribution is 6.04. The highest BCUT2D eigenvalue weighted by Gasteiger charge is 2.35. The summed E-state index contributed by atoms with van der Waals surface area (Å²) < 4.78 is 56.0. The van der Waals surface area contributed by atoms with Gasteiger partial charge in [-0.15, -0.1) is 0 Å². The summed E-state index contributed by atoms with van der Waals surface area (Å²) in [5.41, 5.74) is -0.397. The van der Waals surface area contributed by atoms with Gasteiger partial charge in [-0.05, 0) is 31.5 Å². The van der Waals surface area contributed by atoms with Gasteiger partial charge >= 0.3 is 6.18 Å². The van der Waals surface area contributed by atoms with E-state index in [1.807, 2.05) is 0 Å². The first-order valence-electron chi connectivity index (χ1n) is 10.0. The molecule has 0 N–H and O–H groups in total. The summed E-state index contributed by atoms with van der Waals surface area (Å²) in [7, 11) is 1.27. The number of hydrogen-bond donors (Lipinski definition) is 0. The number of amides is 1. The molecule has 2 aromatic heterocycles. The molecule has 4 aromatic rings. The van der Waals surface area contributed by atoms with Crippen molar-refractivity contribution in [1.29, 1.82) is 0 Å². The SMILES string of the molecule is CN(C(=O)c1cn2c(-c3ccc(C(C)(C)F)cc3)cnc2cn1)c1ccccc1C(F)(F)F. The monoisotopic (exact) mass is 456 g/mol. The number of imidazole rings is 1. The fourth-order valence-corrected chi connectivity index (χ4v) is 3.54. The molecule has 4 rings (SSSR count). The van der Waals surface area contributed by atoms with E-state index in [9.17, 15) is 22.4 Å². The minimum atomic E-state index is -4.61. The summed E-state index contributed by atoms with van der Waals surface area (Å²) in [5.74, 6) is -0.706. The number of anilines is 1. The van der Waals surface area contributed by atoms with E-state index in [0.717, 1.165) is 16.5 Å². The van der Waals surface area contributed by atoms with Crippen molar-refractivity contribution in [3.05, 3.63) is 83.9 Å². The van der Waals surface area contributed by atoms with Crippen LogP contribution >= 0.6 is 0 Å². The van der Waals surface area contributed by atoms with Crippen LogP contribution in [0.2, 0.25) is 0 Å². The molecule has 9 heteroatoms. The van der Waals surface area contributed by atoms with E-state index in [4.69, 9.17) is 0 Å². The van der Waals surface area contributed by atoms with Gasteiger partial charge in [0.15, 0.2) is 5.65 Å². The third-order valence-corrected chi connectivity index (χ3v) is 5.36. The van der Waals surface area contributed by atoms with E-state index >= 15 is 0 Å². The fraction of sp³-hybridized carbons (Fsp3) is 0.208. The quantitative estimate of drug-likeness (QED) is 0.360. The van der Waals surface area contributed by atoms with E-state index in [1.54, 1.807) is 34.9 Å². The van der Waals surface area contributed by atoms with Crippen molar-refractivity contribution in [2.45, 2.75) is 25.7 Å². The van der Waals surface area contributed by atoms with Crippen LogP contribution in [0.4, 0.5) is 23.2 Å². The van der Waals surface area contributed by atoms with Crippen molar-refractivity contribution in [2.75, 3.05) is 11.9 Å². The normalized spacial score (nSPS) is 12.2. The number of aromatic nitrogens is 3. The number of halogens is 4. The topological polar surface area (TPSA) is 50.5 Å². The average Bonchev–Trinajstić information content (AvgIpc) is 3.20. The van der Waals surface area contributed by atoms with Crippen LogP contribution in [0.15, 0.2) is 67.1 Å². The molecule has 0 aliphatic carbocycles. The van der Waals surface area contributed by atoms with Crippen molar-refractivity contribution in [3.63, 3.8) is 0 Å². The van der Waals surface area contributed by atoms with Crippen LogP contribution in [0.1, 0.15) is 35.5 Å². The second-order valence-electron chi connectivity index (χ2n) is 8.07. The van der Waals surface area contributed by atoms with Crippen molar-refractivity contribution in [2.24, 2.45) is 0 Å². The highest BCUT2D eigenvalue weighted by Crippen LogP contribution is 2.36. The molecule has 2 aromatic carbocycles. The van der Waals surface area contributed by atoms with Crippen LogP contribution in [0, 0.1) is 0 Å². The summed E-state index contributed by atoms with van der Waals surface area (Å²) >= 11 is 0. The van der Waals surface area contributed by atoms with Crippen LogP contribution in [0.25, 0.3) is 16.9 Å². The number of alkyl halides is 4.